The lowest BCUT2D eigenvalue weighted by molar-refractivity contribution is -0.115. The van der Waals surface area contributed by atoms with Crippen LogP contribution in [-0.4, -0.2) is 53.0 Å². The van der Waals surface area contributed by atoms with Crippen molar-refractivity contribution in [2.24, 2.45) is 0 Å². The number of amides is 3. The quantitative estimate of drug-likeness (QED) is 0.789. The van der Waals surface area contributed by atoms with Gasteiger partial charge in [-0.25, -0.2) is 0 Å². The Labute approximate surface area is 173 Å². The molecule has 0 aliphatic carbocycles. The summed E-state index contributed by atoms with van der Waals surface area (Å²) in [5, 5.41) is 1.87. The van der Waals surface area contributed by atoms with Crippen molar-refractivity contribution in [3.05, 3.63) is 76.2 Å². The summed E-state index contributed by atoms with van der Waals surface area (Å²) in [6, 6.07) is 17.5. The Morgan fingerprint density at radius 1 is 0.966 bits per heavy atom. The summed E-state index contributed by atoms with van der Waals surface area (Å²) in [5.74, 6) is -0.361. The minimum atomic E-state index is -0.381. The molecule has 0 radical (unpaired) electrons. The van der Waals surface area contributed by atoms with Crippen LogP contribution in [0.3, 0.4) is 0 Å². The average Bonchev–Trinajstić information content (AvgIpc) is 3.06. The molecule has 0 saturated carbocycles. The van der Waals surface area contributed by atoms with Gasteiger partial charge in [-0.2, -0.15) is 0 Å². The molecule has 2 heterocycles. The van der Waals surface area contributed by atoms with Gasteiger partial charge in [-0.05, 0) is 41.1 Å². The van der Waals surface area contributed by atoms with Crippen molar-refractivity contribution in [1.82, 2.24) is 15.1 Å². The van der Waals surface area contributed by atoms with Crippen LogP contribution < -0.4 is 5.32 Å². The number of hydrogen-bond donors (Lipinski definition) is 1. The third-order valence-electron chi connectivity index (χ3n) is 5.01. The molecule has 3 amide bonds. The number of thioether (sulfide) groups is 1. The van der Waals surface area contributed by atoms with E-state index in [1.807, 2.05) is 23.1 Å². The van der Waals surface area contributed by atoms with E-state index in [2.05, 4.69) is 22.3 Å². The van der Waals surface area contributed by atoms with E-state index >= 15 is 0 Å². The van der Waals surface area contributed by atoms with Gasteiger partial charge in [0.1, 0.15) is 0 Å². The van der Waals surface area contributed by atoms with E-state index in [4.69, 9.17) is 0 Å². The number of piperazine rings is 1. The topological polar surface area (TPSA) is 69.7 Å². The minimum Gasteiger partial charge on any atom is -0.336 e. The number of carbonyl (C=O) groups excluding carboxylic acids is 3. The van der Waals surface area contributed by atoms with Crippen molar-refractivity contribution in [2.45, 2.75) is 6.54 Å². The van der Waals surface area contributed by atoms with E-state index in [0.29, 0.717) is 23.6 Å². The number of imide groups is 1. The van der Waals surface area contributed by atoms with Gasteiger partial charge in [0, 0.05) is 38.3 Å². The fraction of sp³-hybridized carbons (Fsp3) is 0.227. The number of benzene rings is 2. The van der Waals surface area contributed by atoms with Crippen LogP contribution in [0.1, 0.15) is 21.5 Å². The van der Waals surface area contributed by atoms with Crippen molar-refractivity contribution in [3.8, 4) is 0 Å². The Morgan fingerprint density at radius 3 is 2.28 bits per heavy atom. The molecule has 29 heavy (non-hydrogen) atoms. The molecule has 7 heteroatoms. The Bertz CT molecular complexity index is 949. The van der Waals surface area contributed by atoms with Crippen LogP contribution in [0.4, 0.5) is 4.79 Å². The van der Waals surface area contributed by atoms with Crippen LogP contribution in [0.25, 0.3) is 6.08 Å². The third kappa shape index (κ3) is 4.75. The summed E-state index contributed by atoms with van der Waals surface area (Å²) in [7, 11) is 0. The van der Waals surface area contributed by atoms with Crippen LogP contribution in [0.2, 0.25) is 0 Å². The van der Waals surface area contributed by atoms with Gasteiger partial charge in [-0.1, -0.05) is 42.5 Å². The van der Waals surface area contributed by atoms with Gasteiger partial charge in [0.2, 0.25) is 0 Å². The van der Waals surface area contributed by atoms with Crippen LogP contribution >= 0.6 is 11.8 Å². The molecule has 0 unspecified atom stereocenters. The predicted molar refractivity (Wildman–Crippen MR) is 113 cm³/mol. The monoisotopic (exact) mass is 407 g/mol. The van der Waals surface area contributed by atoms with Gasteiger partial charge in [0.05, 0.1) is 4.91 Å². The van der Waals surface area contributed by atoms with Gasteiger partial charge in [-0.3, -0.25) is 24.6 Å². The van der Waals surface area contributed by atoms with Gasteiger partial charge in [0.15, 0.2) is 0 Å². The Morgan fingerprint density at radius 2 is 1.66 bits per heavy atom. The smallest absolute Gasteiger partial charge is 0.290 e. The lowest BCUT2D eigenvalue weighted by Crippen LogP contribution is -2.48. The fourth-order valence-electron chi connectivity index (χ4n) is 3.43. The van der Waals surface area contributed by atoms with E-state index in [0.717, 1.165) is 37.0 Å². The predicted octanol–water partition coefficient (Wildman–Crippen LogP) is 2.97. The molecule has 148 valence electrons. The Hall–Kier alpha value is -2.90. The first-order valence-corrected chi connectivity index (χ1v) is 10.3. The highest BCUT2D eigenvalue weighted by molar-refractivity contribution is 8.18. The molecule has 0 atom stereocenters. The average molecular weight is 407 g/mol. The summed E-state index contributed by atoms with van der Waals surface area (Å²) < 4.78 is 0. The van der Waals surface area contributed by atoms with Crippen molar-refractivity contribution in [3.63, 3.8) is 0 Å². The van der Waals surface area contributed by atoms with E-state index < -0.39 is 0 Å². The molecule has 2 aromatic rings. The molecule has 2 aliphatic rings. The summed E-state index contributed by atoms with van der Waals surface area (Å²) >= 11 is 0.884. The number of hydrogen-bond acceptors (Lipinski definition) is 5. The fourth-order valence-corrected chi connectivity index (χ4v) is 4.11. The first kappa shape index (κ1) is 19.4. The number of nitrogens with zero attached hydrogens (tertiary/aromatic N) is 2. The molecule has 4 rings (SSSR count). The minimum absolute atomic E-state index is 0.0201. The third-order valence-corrected chi connectivity index (χ3v) is 5.82. The molecule has 2 aliphatic heterocycles. The summed E-state index contributed by atoms with van der Waals surface area (Å²) in [6.45, 7) is 4.02. The van der Waals surface area contributed by atoms with Crippen LogP contribution in [0, 0.1) is 0 Å². The summed E-state index contributed by atoms with van der Waals surface area (Å²) in [6.07, 6.45) is 1.65. The zero-order chi connectivity index (χ0) is 20.2. The Kier molecular flexibility index (Phi) is 5.78. The second-order valence-electron chi connectivity index (χ2n) is 7.03. The first-order valence-electron chi connectivity index (χ1n) is 9.49. The van der Waals surface area contributed by atoms with E-state index in [-0.39, 0.29) is 17.1 Å². The van der Waals surface area contributed by atoms with Crippen molar-refractivity contribution in [1.29, 1.82) is 0 Å². The molecular formula is C22H21N3O3S. The van der Waals surface area contributed by atoms with Crippen LogP contribution in [0.15, 0.2) is 59.5 Å². The molecule has 2 saturated heterocycles. The molecular weight excluding hydrogens is 386 g/mol. The van der Waals surface area contributed by atoms with Gasteiger partial charge in [-0.15, -0.1) is 0 Å². The molecule has 2 aromatic carbocycles. The normalized spacial score (nSPS) is 18.9. The van der Waals surface area contributed by atoms with E-state index in [1.165, 1.54) is 5.56 Å². The number of rotatable bonds is 4. The van der Waals surface area contributed by atoms with Crippen molar-refractivity contribution >= 4 is 34.9 Å². The van der Waals surface area contributed by atoms with Crippen molar-refractivity contribution in [2.75, 3.05) is 26.2 Å². The maximum Gasteiger partial charge on any atom is 0.290 e. The summed E-state index contributed by atoms with van der Waals surface area (Å²) in [4.78, 5) is 40.3. The molecule has 0 aromatic heterocycles. The standard InChI is InChI=1S/C22H21N3O3S/c26-20-19(29-22(28)23-20)14-16-6-8-18(9-7-16)21(27)25-12-10-24(11-13-25)15-17-4-2-1-3-5-17/h1-9,14H,10-13,15H2,(H,23,26,28). The van der Waals surface area contributed by atoms with E-state index in [1.54, 1.807) is 30.3 Å². The van der Waals surface area contributed by atoms with Crippen molar-refractivity contribution < 1.29 is 14.4 Å². The second kappa shape index (κ2) is 8.63. The summed E-state index contributed by atoms with van der Waals surface area (Å²) in [5.41, 5.74) is 2.69. The lowest BCUT2D eigenvalue weighted by atomic mass is 10.1. The SMILES string of the molecule is O=C1NC(=O)C(=Cc2ccc(C(=O)N3CCN(Cc4ccccc4)CC3)cc2)S1. The van der Waals surface area contributed by atoms with Gasteiger partial charge >= 0.3 is 0 Å². The molecule has 1 N–H and O–H groups in total. The number of carbonyl (C=O) groups is 3. The highest BCUT2D eigenvalue weighted by atomic mass is 32.2. The molecule has 0 bridgehead atoms. The zero-order valence-corrected chi connectivity index (χ0v) is 16.7. The highest BCUT2D eigenvalue weighted by Crippen LogP contribution is 2.25. The molecule has 0 spiro atoms. The molecule has 2 fully saturated rings. The number of nitrogens with one attached hydrogen (secondary N) is 1. The molecule has 6 nitrogen and oxygen atoms in total. The largest absolute Gasteiger partial charge is 0.336 e. The van der Waals surface area contributed by atoms with Gasteiger partial charge in [0.25, 0.3) is 17.1 Å². The lowest BCUT2D eigenvalue weighted by Gasteiger charge is -2.34. The highest BCUT2D eigenvalue weighted by Gasteiger charge is 2.25. The van der Waals surface area contributed by atoms with Gasteiger partial charge < -0.3 is 4.90 Å². The second-order valence-corrected chi connectivity index (χ2v) is 8.04. The maximum atomic E-state index is 12.8. The van der Waals surface area contributed by atoms with Crippen LogP contribution in [-0.2, 0) is 11.3 Å². The first-order chi connectivity index (χ1) is 14.1. The maximum absolute atomic E-state index is 12.8. The Balaban J connectivity index is 1.34. The van der Waals surface area contributed by atoms with Crippen LogP contribution in [0.5, 0.6) is 0 Å². The zero-order valence-electron chi connectivity index (χ0n) is 15.8. The van der Waals surface area contributed by atoms with E-state index in [9.17, 15) is 14.4 Å².